The second-order valence-electron chi connectivity index (χ2n) is 4.26. The fourth-order valence-electron chi connectivity index (χ4n) is 2.00. The normalized spacial score (nSPS) is 11.2. The molecular weight excluding hydrogens is 277 g/mol. The van der Waals surface area contributed by atoms with Gasteiger partial charge in [-0.1, -0.05) is 0 Å². The summed E-state index contributed by atoms with van der Waals surface area (Å²) in [7, 11) is 0. The summed E-state index contributed by atoms with van der Waals surface area (Å²) in [5.74, 6) is 1.06. The van der Waals surface area contributed by atoms with Gasteiger partial charge in [-0.2, -0.15) is 0 Å². The van der Waals surface area contributed by atoms with Crippen LogP contribution in [-0.2, 0) is 0 Å². The Morgan fingerprint density at radius 1 is 1.20 bits per heavy atom. The van der Waals surface area contributed by atoms with Gasteiger partial charge in [0.15, 0.2) is 16.6 Å². The zero-order valence-corrected chi connectivity index (χ0v) is 10.9. The largest absolute Gasteiger partial charge is 0.462 e. The first-order chi connectivity index (χ1) is 9.79. The molecule has 3 heterocycles. The Balaban J connectivity index is 1.79. The van der Waals surface area contributed by atoms with Crippen LogP contribution in [0.25, 0.3) is 33.3 Å². The van der Waals surface area contributed by atoms with Crippen molar-refractivity contribution in [1.29, 1.82) is 0 Å². The number of thiazole rings is 1. The Hall–Kier alpha value is -2.47. The van der Waals surface area contributed by atoms with E-state index in [1.54, 1.807) is 12.3 Å². The lowest BCUT2D eigenvalue weighted by Crippen LogP contribution is -1.80. The van der Waals surface area contributed by atoms with Gasteiger partial charge in [0, 0.05) is 5.38 Å². The quantitative estimate of drug-likeness (QED) is 0.603. The number of halogens is 1. The number of rotatable bonds is 2. The van der Waals surface area contributed by atoms with Crippen molar-refractivity contribution in [3.63, 3.8) is 0 Å². The molecule has 0 aliphatic heterocycles. The molecule has 3 aromatic heterocycles. The number of aromatic nitrogens is 3. The van der Waals surface area contributed by atoms with Crippen LogP contribution in [0.2, 0.25) is 0 Å². The van der Waals surface area contributed by atoms with Crippen molar-refractivity contribution in [2.75, 3.05) is 0 Å². The smallest absolute Gasteiger partial charge is 0.162 e. The van der Waals surface area contributed by atoms with E-state index in [1.165, 1.54) is 23.5 Å². The second-order valence-corrected chi connectivity index (χ2v) is 5.12. The molecule has 4 aromatic rings. The summed E-state index contributed by atoms with van der Waals surface area (Å²) in [4.78, 5) is 12.0. The summed E-state index contributed by atoms with van der Waals surface area (Å²) in [5.41, 5.74) is 2.10. The number of furan rings is 1. The van der Waals surface area contributed by atoms with Gasteiger partial charge in [0.05, 0.1) is 17.3 Å². The first-order valence-electron chi connectivity index (χ1n) is 5.95. The van der Waals surface area contributed by atoms with Gasteiger partial charge in [0.1, 0.15) is 11.5 Å². The summed E-state index contributed by atoms with van der Waals surface area (Å²) >= 11 is 1.48. The molecule has 20 heavy (non-hydrogen) atoms. The zero-order valence-electron chi connectivity index (χ0n) is 10.1. The van der Waals surface area contributed by atoms with E-state index in [2.05, 4.69) is 15.0 Å². The Morgan fingerprint density at radius 3 is 3.00 bits per heavy atom. The highest BCUT2D eigenvalue weighted by Crippen LogP contribution is 2.28. The highest BCUT2D eigenvalue weighted by molar-refractivity contribution is 7.13. The molecule has 4 nitrogen and oxygen atoms in total. The molecule has 1 aromatic carbocycles. The van der Waals surface area contributed by atoms with Crippen LogP contribution in [0.15, 0.2) is 46.4 Å². The van der Waals surface area contributed by atoms with Gasteiger partial charge in [-0.05, 0) is 30.3 Å². The summed E-state index contributed by atoms with van der Waals surface area (Å²) in [6.07, 6.45) is 1.61. The van der Waals surface area contributed by atoms with E-state index in [-0.39, 0.29) is 5.82 Å². The molecule has 0 aliphatic carbocycles. The lowest BCUT2D eigenvalue weighted by molar-refractivity contribution is 0.582. The molecule has 0 atom stereocenters. The number of hydrogen-bond acceptors (Lipinski definition) is 4. The maximum atomic E-state index is 13.2. The molecule has 0 saturated carbocycles. The Labute approximate surface area is 116 Å². The number of H-pyrrole nitrogens is 1. The number of hydrogen-bond donors (Lipinski definition) is 1. The number of nitrogens with zero attached hydrogens (tertiary/aromatic N) is 2. The van der Waals surface area contributed by atoms with Crippen LogP contribution in [-0.4, -0.2) is 15.0 Å². The molecule has 1 N–H and O–H groups in total. The van der Waals surface area contributed by atoms with E-state index < -0.39 is 0 Å². The minimum Gasteiger partial charge on any atom is -0.462 e. The van der Waals surface area contributed by atoms with Crippen LogP contribution in [0.5, 0.6) is 0 Å². The predicted molar refractivity (Wildman–Crippen MR) is 74.9 cm³/mol. The maximum Gasteiger partial charge on any atom is 0.162 e. The summed E-state index contributed by atoms with van der Waals surface area (Å²) < 4.78 is 18.5. The third-order valence-corrected chi connectivity index (χ3v) is 3.78. The molecule has 0 saturated heterocycles. The van der Waals surface area contributed by atoms with E-state index in [0.717, 1.165) is 16.5 Å². The number of imidazole rings is 1. The van der Waals surface area contributed by atoms with Crippen LogP contribution < -0.4 is 0 Å². The average molecular weight is 285 g/mol. The van der Waals surface area contributed by atoms with Gasteiger partial charge in [-0.25, -0.2) is 14.4 Å². The number of fused-ring (bicyclic) bond motifs is 1. The Bertz CT molecular complexity index is 879. The lowest BCUT2D eigenvalue weighted by atomic mass is 10.3. The van der Waals surface area contributed by atoms with Crippen molar-refractivity contribution in [3.05, 3.63) is 47.8 Å². The lowest BCUT2D eigenvalue weighted by Gasteiger charge is -1.88. The number of nitrogens with one attached hydrogen (secondary N) is 1. The highest BCUT2D eigenvalue weighted by Gasteiger charge is 2.12. The van der Waals surface area contributed by atoms with Gasteiger partial charge in [-0.15, -0.1) is 11.3 Å². The Kier molecular flexibility index (Phi) is 2.43. The molecule has 0 fully saturated rings. The molecule has 0 aliphatic rings. The molecule has 0 amide bonds. The van der Waals surface area contributed by atoms with Crippen molar-refractivity contribution in [2.24, 2.45) is 0 Å². The van der Waals surface area contributed by atoms with Crippen molar-refractivity contribution in [2.45, 2.75) is 0 Å². The van der Waals surface area contributed by atoms with Crippen LogP contribution in [0.3, 0.4) is 0 Å². The van der Waals surface area contributed by atoms with Gasteiger partial charge >= 0.3 is 0 Å². The summed E-state index contributed by atoms with van der Waals surface area (Å²) in [5, 5.41) is 2.68. The van der Waals surface area contributed by atoms with E-state index >= 15 is 0 Å². The van der Waals surface area contributed by atoms with Crippen LogP contribution in [0.4, 0.5) is 4.39 Å². The van der Waals surface area contributed by atoms with Crippen molar-refractivity contribution < 1.29 is 8.81 Å². The topological polar surface area (TPSA) is 54.7 Å². The van der Waals surface area contributed by atoms with Crippen LogP contribution in [0, 0.1) is 5.82 Å². The standard InChI is InChI=1S/C14H8FN3OS/c15-8-3-4-9-10(6-8)17-13(16-9)11-7-20-14(18-11)12-2-1-5-19-12/h1-7H,(H,16,17). The van der Waals surface area contributed by atoms with Crippen molar-refractivity contribution in [1.82, 2.24) is 15.0 Å². The highest BCUT2D eigenvalue weighted by atomic mass is 32.1. The molecule has 98 valence electrons. The fraction of sp³-hybridized carbons (Fsp3) is 0. The maximum absolute atomic E-state index is 13.2. The monoisotopic (exact) mass is 285 g/mol. The minimum atomic E-state index is -0.290. The SMILES string of the molecule is Fc1ccc2nc(-c3csc(-c4ccco4)n3)[nH]c2c1. The van der Waals surface area contributed by atoms with Gasteiger partial charge < -0.3 is 9.40 Å². The molecular formula is C14H8FN3OS. The first kappa shape index (κ1) is 11.4. The van der Waals surface area contributed by atoms with Crippen molar-refractivity contribution >= 4 is 22.4 Å². The van der Waals surface area contributed by atoms with Crippen LogP contribution in [0.1, 0.15) is 0 Å². The van der Waals surface area contributed by atoms with E-state index in [1.807, 2.05) is 17.5 Å². The average Bonchev–Trinajstić information content (AvgIpc) is 3.17. The van der Waals surface area contributed by atoms with E-state index in [9.17, 15) is 4.39 Å². The fourth-order valence-corrected chi connectivity index (χ4v) is 2.77. The molecule has 0 radical (unpaired) electrons. The number of aromatic amines is 1. The third kappa shape index (κ3) is 1.81. The number of benzene rings is 1. The third-order valence-electron chi connectivity index (χ3n) is 2.92. The van der Waals surface area contributed by atoms with Gasteiger partial charge in [0.2, 0.25) is 0 Å². The van der Waals surface area contributed by atoms with E-state index in [4.69, 9.17) is 4.42 Å². The van der Waals surface area contributed by atoms with Gasteiger partial charge in [-0.3, -0.25) is 0 Å². The molecule has 0 unspecified atom stereocenters. The van der Waals surface area contributed by atoms with Gasteiger partial charge in [0.25, 0.3) is 0 Å². The molecule has 0 spiro atoms. The Morgan fingerprint density at radius 2 is 2.15 bits per heavy atom. The molecule has 6 heteroatoms. The minimum absolute atomic E-state index is 0.290. The predicted octanol–water partition coefficient (Wildman–Crippen LogP) is 4.09. The van der Waals surface area contributed by atoms with Crippen molar-refractivity contribution in [3.8, 4) is 22.3 Å². The second kappa shape index (κ2) is 4.28. The summed E-state index contributed by atoms with van der Waals surface area (Å²) in [6, 6.07) is 8.13. The molecule has 0 bridgehead atoms. The zero-order chi connectivity index (χ0) is 13.5. The first-order valence-corrected chi connectivity index (χ1v) is 6.82. The summed E-state index contributed by atoms with van der Waals surface area (Å²) in [6.45, 7) is 0. The molecule has 4 rings (SSSR count). The van der Waals surface area contributed by atoms with E-state index in [0.29, 0.717) is 16.9 Å². The van der Waals surface area contributed by atoms with Crippen LogP contribution >= 0.6 is 11.3 Å².